The zero-order valence-electron chi connectivity index (χ0n) is 11.2. The van der Waals surface area contributed by atoms with Crippen molar-refractivity contribution in [2.75, 3.05) is 7.11 Å². The summed E-state index contributed by atoms with van der Waals surface area (Å²) in [5.74, 6) is 0.724. The molecule has 0 N–H and O–H groups in total. The summed E-state index contributed by atoms with van der Waals surface area (Å²) >= 11 is 3.43. The first-order chi connectivity index (χ1) is 8.43. The molecule has 1 aromatic rings. The van der Waals surface area contributed by atoms with E-state index in [4.69, 9.17) is 9.47 Å². The number of carbonyl (C=O) groups is 1. The highest BCUT2D eigenvalue weighted by Crippen LogP contribution is 2.23. The van der Waals surface area contributed by atoms with Gasteiger partial charge in [-0.3, -0.25) is 0 Å². The molecule has 0 saturated heterocycles. The van der Waals surface area contributed by atoms with Crippen molar-refractivity contribution in [2.45, 2.75) is 33.3 Å². The Labute approximate surface area is 117 Å². The maximum Gasteiger partial charge on any atom is 0.347 e. The van der Waals surface area contributed by atoms with Gasteiger partial charge in [-0.1, -0.05) is 29.8 Å². The van der Waals surface area contributed by atoms with E-state index in [1.54, 1.807) is 0 Å². The first-order valence-electron chi connectivity index (χ1n) is 5.94. The molecule has 0 radical (unpaired) electrons. The van der Waals surface area contributed by atoms with Crippen LogP contribution in [0.2, 0.25) is 0 Å². The number of hydrogen-bond donors (Lipinski definition) is 0. The highest BCUT2D eigenvalue weighted by atomic mass is 79.9. The Morgan fingerprint density at radius 3 is 2.56 bits per heavy atom. The Morgan fingerprint density at radius 2 is 2.06 bits per heavy atom. The number of carbonyl (C=O) groups excluding carboxylic acids is 1. The Kier molecular flexibility index (Phi) is 5.66. The molecular weight excluding hydrogens is 296 g/mol. The number of hydrogen-bond acceptors (Lipinski definition) is 3. The van der Waals surface area contributed by atoms with E-state index < -0.39 is 6.10 Å². The number of esters is 1. The maximum atomic E-state index is 11.6. The van der Waals surface area contributed by atoms with Gasteiger partial charge in [-0.05, 0) is 43.0 Å². The third kappa shape index (κ3) is 4.33. The molecule has 0 heterocycles. The molecule has 0 aliphatic carbocycles. The van der Waals surface area contributed by atoms with Gasteiger partial charge in [0, 0.05) is 4.47 Å². The third-order valence-corrected chi connectivity index (χ3v) is 3.45. The largest absolute Gasteiger partial charge is 0.479 e. The molecular formula is C14H19BrO3. The zero-order chi connectivity index (χ0) is 13.7. The summed E-state index contributed by atoms with van der Waals surface area (Å²) in [6.45, 7) is 6.07. The molecule has 100 valence electrons. The number of benzene rings is 1. The fraction of sp³-hybridized carbons (Fsp3) is 0.500. The topological polar surface area (TPSA) is 35.5 Å². The summed E-state index contributed by atoms with van der Waals surface area (Å²) in [5.41, 5.74) is 1.07. The minimum absolute atomic E-state index is 0.329. The number of halogens is 1. The molecule has 0 bridgehead atoms. The van der Waals surface area contributed by atoms with E-state index in [0.717, 1.165) is 10.0 Å². The summed E-state index contributed by atoms with van der Waals surface area (Å²) in [4.78, 5) is 11.6. The number of aryl methyl sites for hydroxylation is 1. The van der Waals surface area contributed by atoms with Crippen molar-refractivity contribution in [1.82, 2.24) is 0 Å². The summed E-state index contributed by atoms with van der Waals surface area (Å²) in [6, 6.07) is 5.65. The highest BCUT2D eigenvalue weighted by Gasteiger charge is 2.22. The second kappa shape index (κ2) is 6.78. The summed E-state index contributed by atoms with van der Waals surface area (Å²) in [5, 5.41) is 0. The van der Waals surface area contributed by atoms with E-state index >= 15 is 0 Å². The van der Waals surface area contributed by atoms with Crippen LogP contribution >= 0.6 is 15.9 Å². The van der Waals surface area contributed by atoms with Crippen molar-refractivity contribution >= 4 is 21.9 Å². The van der Waals surface area contributed by atoms with Gasteiger partial charge in [0.05, 0.1) is 7.11 Å². The van der Waals surface area contributed by atoms with Gasteiger partial charge < -0.3 is 9.47 Å². The van der Waals surface area contributed by atoms with Crippen molar-refractivity contribution in [3.63, 3.8) is 0 Å². The Bertz CT molecular complexity index is 416. The van der Waals surface area contributed by atoms with Gasteiger partial charge >= 0.3 is 5.97 Å². The van der Waals surface area contributed by atoms with Crippen LogP contribution in [-0.4, -0.2) is 19.2 Å². The normalized spacial score (nSPS) is 12.3. The third-order valence-electron chi connectivity index (χ3n) is 2.56. The van der Waals surface area contributed by atoms with E-state index in [0.29, 0.717) is 18.1 Å². The molecule has 1 aromatic carbocycles. The molecule has 0 aliphatic heterocycles. The first kappa shape index (κ1) is 15.0. The molecule has 0 aliphatic rings. The van der Waals surface area contributed by atoms with Crippen LogP contribution in [0.1, 0.15) is 25.8 Å². The quantitative estimate of drug-likeness (QED) is 0.777. The van der Waals surface area contributed by atoms with E-state index in [1.165, 1.54) is 7.11 Å². The number of ether oxygens (including phenoxy) is 2. The summed E-state index contributed by atoms with van der Waals surface area (Å²) in [6.07, 6.45) is 0.0949. The van der Waals surface area contributed by atoms with Crippen molar-refractivity contribution in [3.05, 3.63) is 28.2 Å². The number of methoxy groups -OCH3 is 1. The van der Waals surface area contributed by atoms with Gasteiger partial charge in [0.2, 0.25) is 0 Å². The predicted octanol–water partition coefficient (Wildman–Crippen LogP) is 3.72. The Morgan fingerprint density at radius 1 is 1.39 bits per heavy atom. The van der Waals surface area contributed by atoms with Gasteiger partial charge in [0.15, 0.2) is 6.10 Å². The van der Waals surface area contributed by atoms with E-state index in [9.17, 15) is 4.79 Å². The maximum absolute atomic E-state index is 11.6. The Hall–Kier alpha value is -1.03. The summed E-state index contributed by atoms with van der Waals surface area (Å²) in [7, 11) is 1.38. The minimum atomic E-state index is -0.546. The van der Waals surface area contributed by atoms with Crippen LogP contribution < -0.4 is 4.74 Å². The minimum Gasteiger partial charge on any atom is -0.479 e. The molecule has 0 spiro atoms. The fourth-order valence-corrected chi connectivity index (χ4v) is 1.85. The van der Waals surface area contributed by atoms with Gasteiger partial charge in [0.25, 0.3) is 0 Å². The van der Waals surface area contributed by atoms with Crippen LogP contribution in [0.4, 0.5) is 0 Å². The van der Waals surface area contributed by atoms with Gasteiger partial charge in [-0.15, -0.1) is 0 Å². The van der Waals surface area contributed by atoms with Gasteiger partial charge in [-0.25, -0.2) is 4.79 Å². The van der Waals surface area contributed by atoms with E-state index in [-0.39, 0.29) is 5.97 Å². The standard InChI is InChI=1S/C14H19BrO3/c1-9(2)7-13(14(16)17-4)18-11-5-6-12(15)10(3)8-11/h5-6,8-9,13H,7H2,1-4H3/t13-/m0/s1. The Balaban J connectivity index is 2.81. The molecule has 0 unspecified atom stereocenters. The highest BCUT2D eigenvalue weighted by molar-refractivity contribution is 9.10. The van der Waals surface area contributed by atoms with Crippen molar-refractivity contribution in [2.24, 2.45) is 5.92 Å². The van der Waals surface area contributed by atoms with Gasteiger partial charge in [0.1, 0.15) is 5.75 Å². The fourth-order valence-electron chi connectivity index (χ4n) is 1.61. The molecule has 0 aromatic heterocycles. The average Bonchev–Trinajstić information content (AvgIpc) is 2.31. The first-order valence-corrected chi connectivity index (χ1v) is 6.74. The SMILES string of the molecule is COC(=O)[C@H](CC(C)C)Oc1ccc(Br)c(C)c1. The average molecular weight is 315 g/mol. The second-order valence-electron chi connectivity index (χ2n) is 4.67. The van der Waals surface area contributed by atoms with Crippen molar-refractivity contribution < 1.29 is 14.3 Å². The van der Waals surface area contributed by atoms with Crippen LogP contribution in [0.3, 0.4) is 0 Å². The van der Waals surface area contributed by atoms with Crippen molar-refractivity contribution in [3.8, 4) is 5.75 Å². The summed E-state index contributed by atoms with van der Waals surface area (Å²) < 4.78 is 11.5. The number of rotatable bonds is 5. The lowest BCUT2D eigenvalue weighted by molar-refractivity contribution is -0.149. The van der Waals surface area contributed by atoms with Crippen LogP contribution in [-0.2, 0) is 9.53 Å². The van der Waals surface area contributed by atoms with Crippen molar-refractivity contribution in [1.29, 1.82) is 0 Å². The second-order valence-corrected chi connectivity index (χ2v) is 5.52. The molecule has 1 atom stereocenters. The van der Waals surface area contributed by atoms with E-state index in [1.807, 2.05) is 39.0 Å². The lowest BCUT2D eigenvalue weighted by atomic mass is 10.1. The molecule has 4 heteroatoms. The van der Waals surface area contributed by atoms with Crippen LogP contribution in [0.15, 0.2) is 22.7 Å². The predicted molar refractivity (Wildman–Crippen MR) is 74.8 cm³/mol. The molecule has 0 amide bonds. The monoisotopic (exact) mass is 314 g/mol. The van der Waals surface area contributed by atoms with Crippen LogP contribution in [0.5, 0.6) is 5.75 Å². The zero-order valence-corrected chi connectivity index (χ0v) is 12.8. The van der Waals surface area contributed by atoms with Crippen LogP contribution in [0, 0.1) is 12.8 Å². The molecule has 0 saturated carbocycles. The van der Waals surface area contributed by atoms with E-state index in [2.05, 4.69) is 15.9 Å². The molecule has 0 fully saturated rings. The lowest BCUT2D eigenvalue weighted by Gasteiger charge is -2.19. The molecule has 1 rings (SSSR count). The smallest absolute Gasteiger partial charge is 0.347 e. The lowest BCUT2D eigenvalue weighted by Crippen LogP contribution is -2.30. The van der Waals surface area contributed by atoms with Gasteiger partial charge in [-0.2, -0.15) is 0 Å². The molecule has 3 nitrogen and oxygen atoms in total. The van der Waals surface area contributed by atoms with Crippen LogP contribution in [0.25, 0.3) is 0 Å². The molecule has 18 heavy (non-hydrogen) atoms.